The van der Waals surface area contributed by atoms with Gasteiger partial charge in [0.05, 0.1) is 11.7 Å². The topological polar surface area (TPSA) is 29.9 Å². The standard InChI is InChI=1S/C14H17ClFN3/c1-4-13-11(8-19(3)18-13)14(17-2)10-7-9(16)5-6-12(10)15/h5-8,14,17H,4H2,1-3H3. The second-order valence-electron chi connectivity index (χ2n) is 4.45. The molecule has 0 aliphatic carbocycles. The molecule has 3 nitrogen and oxygen atoms in total. The van der Waals surface area contributed by atoms with E-state index in [4.69, 9.17) is 11.6 Å². The Hall–Kier alpha value is -1.39. The van der Waals surface area contributed by atoms with Crippen molar-refractivity contribution in [1.82, 2.24) is 15.1 Å². The van der Waals surface area contributed by atoms with Gasteiger partial charge >= 0.3 is 0 Å². The number of nitrogens with one attached hydrogen (secondary N) is 1. The van der Waals surface area contributed by atoms with E-state index in [-0.39, 0.29) is 11.9 Å². The van der Waals surface area contributed by atoms with E-state index in [1.54, 1.807) is 10.7 Å². The van der Waals surface area contributed by atoms with Crippen molar-refractivity contribution >= 4 is 11.6 Å². The third kappa shape index (κ3) is 2.80. The molecule has 1 atom stereocenters. The molecule has 0 saturated carbocycles. The number of hydrogen-bond acceptors (Lipinski definition) is 2. The molecule has 0 amide bonds. The summed E-state index contributed by atoms with van der Waals surface area (Å²) in [5, 5.41) is 8.15. The second kappa shape index (κ2) is 5.72. The lowest BCUT2D eigenvalue weighted by atomic mass is 9.98. The van der Waals surface area contributed by atoms with Crippen molar-refractivity contribution < 1.29 is 4.39 Å². The van der Waals surface area contributed by atoms with Gasteiger partial charge in [0, 0.05) is 23.8 Å². The molecule has 1 aromatic carbocycles. The van der Waals surface area contributed by atoms with Gasteiger partial charge in [0.15, 0.2) is 0 Å². The molecule has 5 heteroatoms. The molecule has 1 heterocycles. The van der Waals surface area contributed by atoms with Gasteiger partial charge in [-0.25, -0.2) is 4.39 Å². The number of halogens is 2. The van der Waals surface area contributed by atoms with Gasteiger partial charge in [-0.1, -0.05) is 18.5 Å². The summed E-state index contributed by atoms with van der Waals surface area (Å²) < 4.78 is 15.2. The molecule has 102 valence electrons. The van der Waals surface area contributed by atoms with Gasteiger partial charge in [-0.3, -0.25) is 4.68 Å². The summed E-state index contributed by atoms with van der Waals surface area (Å²) in [6.07, 6.45) is 2.77. The Balaban J connectivity index is 2.52. The number of aromatic nitrogens is 2. The molecule has 0 fully saturated rings. The summed E-state index contributed by atoms with van der Waals surface area (Å²) >= 11 is 6.19. The second-order valence-corrected chi connectivity index (χ2v) is 4.85. The van der Waals surface area contributed by atoms with Crippen molar-refractivity contribution in [2.75, 3.05) is 7.05 Å². The third-order valence-corrected chi connectivity index (χ3v) is 3.49. The van der Waals surface area contributed by atoms with Gasteiger partial charge in [0.25, 0.3) is 0 Å². The Morgan fingerprint density at radius 3 is 2.79 bits per heavy atom. The van der Waals surface area contributed by atoms with E-state index >= 15 is 0 Å². The van der Waals surface area contributed by atoms with Crippen LogP contribution in [0.5, 0.6) is 0 Å². The average molecular weight is 282 g/mol. The molecule has 0 saturated heterocycles. The number of aryl methyl sites for hydroxylation is 2. The van der Waals surface area contributed by atoms with Gasteiger partial charge in [-0.2, -0.15) is 5.10 Å². The van der Waals surface area contributed by atoms with Crippen LogP contribution in [0.3, 0.4) is 0 Å². The first kappa shape index (κ1) is 14.0. The summed E-state index contributed by atoms with van der Waals surface area (Å²) in [7, 11) is 3.71. The van der Waals surface area contributed by atoms with Gasteiger partial charge in [0.1, 0.15) is 5.82 Å². The van der Waals surface area contributed by atoms with Crippen LogP contribution in [0.15, 0.2) is 24.4 Å². The normalized spacial score (nSPS) is 12.7. The minimum Gasteiger partial charge on any atom is -0.309 e. The van der Waals surface area contributed by atoms with Crippen LogP contribution < -0.4 is 5.32 Å². The first-order chi connectivity index (χ1) is 9.06. The maximum Gasteiger partial charge on any atom is 0.123 e. The predicted octanol–water partition coefficient (Wildman–Crippen LogP) is 3.08. The van der Waals surface area contributed by atoms with E-state index in [2.05, 4.69) is 10.4 Å². The van der Waals surface area contributed by atoms with Crippen LogP contribution in [0.4, 0.5) is 4.39 Å². The highest BCUT2D eigenvalue weighted by molar-refractivity contribution is 6.31. The molecule has 0 bridgehead atoms. The Labute approximate surface area is 117 Å². The first-order valence-corrected chi connectivity index (χ1v) is 6.59. The smallest absolute Gasteiger partial charge is 0.123 e. The van der Waals surface area contributed by atoms with Crippen LogP contribution in [0.1, 0.15) is 29.8 Å². The molecule has 1 aromatic heterocycles. The zero-order chi connectivity index (χ0) is 14.0. The van der Waals surface area contributed by atoms with Crippen LogP contribution in [0.2, 0.25) is 5.02 Å². The first-order valence-electron chi connectivity index (χ1n) is 6.21. The van der Waals surface area contributed by atoms with Crippen molar-refractivity contribution in [3.63, 3.8) is 0 Å². The molecule has 0 aliphatic rings. The van der Waals surface area contributed by atoms with Crippen LogP contribution in [0.25, 0.3) is 0 Å². The fourth-order valence-electron chi connectivity index (χ4n) is 2.28. The number of benzene rings is 1. The van der Waals surface area contributed by atoms with Crippen molar-refractivity contribution in [2.45, 2.75) is 19.4 Å². The predicted molar refractivity (Wildman–Crippen MR) is 74.9 cm³/mol. The highest BCUT2D eigenvalue weighted by Crippen LogP contribution is 2.30. The summed E-state index contributed by atoms with van der Waals surface area (Å²) in [6, 6.07) is 4.25. The van der Waals surface area contributed by atoms with E-state index in [1.165, 1.54) is 12.1 Å². The molecule has 1 N–H and O–H groups in total. The van der Waals surface area contributed by atoms with E-state index in [0.717, 1.165) is 23.2 Å². The van der Waals surface area contributed by atoms with Gasteiger partial charge in [-0.15, -0.1) is 0 Å². The number of hydrogen-bond donors (Lipinski definition) is 1. The maximum absolute atomic E-state index is 13.4. The van der Waals surface area contributed by atoms with Gasteiger partial charge < -0.3 is 5.32 Å². The minimum absolute atomic E-state index is 0.160. The maximum atomic E-state index is 13.4. The molecule has 0 radical (unpaired) electrons. The molecule has 2 aromatic rings. The molecule has 0 aliphatic heterocycles. The lowest BCUT2D eigenvalue weighted by Gasteiger charge is -2.18. The van der Waals surface area contributed by atoms with Crippen molar-refractivity contribution in [3.8, 4) is 0 Å². The highest BCUT2D eigenvalue weighted by Gasteiger charge is 2.20. The molecule has 0 spiro atoms. The average Bonchev–Trinajstić information content (AvgIpc) is 2.76. The largest absolute Gasteiger partial charge is 0.309 e. The number of rotatable bonds is 4. The summed E-state index contributed by atoms with van der Waals surface area (Å²) in [5.74, 6) is -0.290. The van der Waals surface area contributed by atoms with Gasteiger partial charge in [-0.05, 0) is 37.2 Å². The summed E-state index contributed by atoms with van der Waals surface area (Å²) in [5.41, 5.74) is 2.74. The Morgan fingerprint density at radius 2 is 2.16 bits per heavy atom. The van der Waals surface area contributed by atoms with E-state index in [1.807, 2.05) is 27.2 Å². The van der Waals surface area contributed by atoms with Crippen LogP contribution in [-0.4, -0.2) is 16.8 Å². The molecular formula is C14H17ClFN3. The van der Waals surface area contributed by atoms with Crippen molar-refractivity contribution in [2.24, 2.45) is 7.05 Å². The third-order valence-electron chi connectivity index (χ3n) is 3.14. The van der Waals surface area contributed by atoms with Crippen LogP contribution in [0, 0.1) is 5.82 Å². The van der Waals surface area contributed by atoms with Crippen molar-refractivity contribution in [1.29, 1.82) is 0 Å². The van der Waals surface area contributed by atoms with E-state index < -0.39 is 0 Å². The van der Waals surface area contributed by atoms with Crippen LogP contribution in [-0.2, 0) is 13.5 Å². The van der Waals surface area contributed by atoms with E-state index in [9.17, 15) is 4.39 Å². The van der Waals surface area contributed by atoms with Gasteiger partial charge in [0.2, 0.25) is 0 Å². The fraction of sp³-hybridized carbons (Fsp3) is 0.357. The van der Waals surface area contributed by atoms with Crippen molar-refractivity contribution in [3.05, 3.63) is 52.1 Å². The highest BCUT2D eigenvalue weighted by atomic mass is 35.5. The SMILES string of the molecule is CCc1nn(C)cc1C(NC)c1cc(F)ccc1Cl. The zero-order valence-corrected chi connectivity index (χ0v) is 12.0. The Kier molecular flexibility index (Phi) is 4.22. The molecule has 1 unspecified atom stereocenters. The summed E-state index contributed by atoms with van der Waals surface area (Å²) in [6.45, 7) is 2.05. The molecule has 2 rings (SSSR count). The Morgan fingerprint density at radius 1 is 1.42 bits per heavy atom. The lowest BCUT2D eigenvalue weighted by Crippen LogP contribution is -2.19. The fourth-order valence-corrected chi connectivity index (χ4v) is 2.51. The molecule has 19 heavy (non-hydrogen) atoms. The summed E-state index contributed by atoms with van der Waals surface area (Å²) in [4.78, 5) is 0. The monoisotopic (exact) mass is 281 g/mol. The number of nitrogens with zero attached hydrogens (tertiary/aromatic N) is 2. The van der Waals surface area contributed by atoms with Crippen LogP contribution >= 0.6 is 11.6 Å². The zero-order valence-electron chi connectivity index (χ0n) is 11.2. The quantitative estimate of drug-likeness (QED) is 0.933. The molecular weight excluding hydrogens is 265 g/mol. The minimum atomic E-state index is -0.290. The lowest BCUT2D eigenvalue weighted by molar-refractivity contribution is 0.616. The Bertz CT molecular complexity index is 580. The van der Waals surface area contributed by atoms with E-state index in [0.29, 0.717) is 5.02 Å².